The second kappa shape index (κ2) is 7.43. The average molecular weight is 427 g/mol. The number of nitro benzene ring substituents is 1. The van der Waals surface area contributed by atoms with Crippen molar-refractivity contribution < 1.29 is 14.5 Å². The summed E-state index contributed by atoms with van der Waals surface area (Å²) in [5, 5.41) is 18.5. The van der Waals surface area contributed by atoms with Crippen LogP contribution in [0.1, 0.15) is 65.7 Å². The van der Waals surface area contributed by atoms with Crippen LogP contribution in [0.5, 0.6) is 0 Å². The molecule has 2 bridgehead atoms. The summed E-state index contributed by atoms with van der Waals surface area (Å²) in [7, 11) is 0. The largest absolute Gasteiger partial charge is 0.352 e. The molecule has 3 aliphatic carbocycles. The van der Waals surface area contributed by atoms with Gasteiger partial charge in [0.15, 0.2) is 5.78 Å². The number of hydrogen-bond donors (Lipinski definition) is 2. The van der Waals surface area contributed by atoms with E-state index in [9.17, 15) is 19.7 Å². The first kappa shape index (κ1) is 21.5. The number of rotatable bonds is 5. The van der Waals surface area contributed by atoms with Gasteiger partial charge in [-0.3, -0.25) is 25.1 Å². The Balaban J connectivity index is 1.60. The summed E-state index contributed by atoms with van der Waals surface area (Å²) in [5.74, 6) is -0.354. The highest BCUT2D eigenvalue weighted by atomic mass is 16.6. The van der Waals surface area contributed by atoms with E-state index >= 15 is 0 Å². The maximum atomic E-state index is 13.6. The van der Waals surface area contributed by atoms with Gasteiger partial charge in [0, 0.05) is 23.6 Å². The Morgan fingerprint density at radius 2 is 1.74 bits per heavy atom. The van der Waals surface area contributed by atoms with Gasteiger partial charge in [-0.25, -0.2) is 0 Å². The van der Waals surface area contributed by atoms with Gasteiger partial charge in [0.2, 0.25) is 5.91 Å². The van der Waals surface area contributed by atoms with Gasteiger partial charge in [-0.15, -0.1) is 0 Å². The molecule has 3 fully saturated rings. The molecule has 0 radical (unpaired) electrons. The lowest BCUT2D eigenvalue weighted by Crippen LogP contribution is -2.53. The number of carbonyl (C=O) groups is 2. The molecule has 3 saturated carbocycles. The maximum Gasteiger partial charge on any atom is 0.269 e. The van der Waals surface area contributed by atoms with Crippen molar-refractivity contribution in [1.29, 1.82) is 0 Å². The summed E-state index contributed by atoms with van der Waals surface area (Å²) in [6.45, 7) is 6.03. The molecule has 8 nitrogen and oxygen atoms in total. The van der Waals surface area contributed by atoms with Gasteiger partial charge in [0.25, 0.3) is 5.69 Å². The molecule has 2 atom stereocenters. The summed E-state index contributed by atoms with van der Waals surface area (Å²) in [5.41, 5.74) is 1.62. The number of nitrogens with one attached hydrogen (secondary N) is 2. The predicted molar refractivity (Wildman–Crippen MR) is 118 cm³/mol. The number of nitrogens with zero attached hydrogens (tertiary/aromatic N) is 2. The van der Waals surface area contributed by atoms with Crippen molar-refractivity contribution in [2.45, 2.75) is 71.8 Å². The van der Waals surface area contributed by atoms with Crippen molar-refractivity contribution in [3.8, 4) is 0 Å². The van der Waals surface area contributed by atoms with E-state index in [1.54, 1.807) is 12.1 Å². The van der Waals surface area contributed by atoms with Crippen LogP contribution in [0.4, 0.5) is 11.4 Å². The standard InChI is InChI=1S/C23H30N4O4/c1-21(2)22(3)13-14-23(21,20(29)24-15-7-5-4-6-8-15)19(28)18(22)26-25-16-9-11-17(12-10-16)27(30)31/h9-12,15,25H,4-8,13-14H2,1-3H3,(H,24,29). The number of ketones is 1. The smallest absolute Gasteiger partial charge is 0.269 e. The normalized spacial score (nSPS) is 31.1. The molecule has 3 aliphatic rings. The van der Waals surface area contributed by atoms with Crippen LogP contribution >= 0.6 is 0 Å². The molecule has 0 heterocycles. The number of nitro groups is 1. The summed E-state index contributed by atoms with van der Waals surface area (Å²) in [4.78, 5) is 37.5. The van der Waals surface area contributed by atoms with Crippen molar-refractivity contribution in [1.82, 2.24) is 5.32 Å². The Kier molecular flexibility index (Phi) is 5.14. The Bertz CT molecular complexity index is 949. The molecule has 2 unspecified atom stereocenters. The van der Waals surface area contributed by atoms with E-state index in [1.165, 1.54) is 18.6 Å². The zero-order valence-corrected chi connectivity index (χ0v) is 18.4. The van der Waals surface area contributed by atoms with Gasteiger partial charge < -0.3 is 5.32 Å². The lowest BCUT2D eigenvalue weighted by atomic mass is 9.64. The first-order chi connectivity index (χ1) is 14.6. The lowest BCUT2D eigenvalue weighted by molar-refractivity contribution is -0.384. The van der Waals surface area contributed by atoms with Crippen molar-refractivity contribution in [2.24, 2.45) is 21.3 Å². The predicted octanol–water partition coefficient (Wildman–Crippen LogP) is 4.21. The third-order valence-corrected chi connectivity index (χ3v) is 8.27. The number of fused-ring (bicyclic) bond motifs is 2. The SMILES string of the molecule is CC12CCC(C(=O)NC3CCCCC3)(C(=O)C1=NNc1ccc([N+](=O)[O-])cc1)C2(C)C. The fraction of sp³-hybridized carbons (Fsp3) is 0.609. The molecular formula is C23H30N4O4. The maximum absolute atomic E-state index is 13.6. The van der Waals surface area contributed by atoms with Gasteiger partial charge in [-0.05, 0) is 43.2 Å². The lowest BCUT2D eigenvalue weighted by Gasteiger charge is -2.38. The highest BCUT2D eigenvalue weighted by molar-refractivity contribution is 6.50. The second-order valence-electron chi connectivity index (χ2n) is 9.88. The number of amides is 1. The van der Waals surface area contributed by atoms with Crippen LogP contribution in [0.15, 0.2) is 29.4 Å². The van der Waals surface area contributed by atoms with Crippen LogP contribution in [-0.2, 0) is 9.59 Å². The van der Waals surface area contributed by atoms with Crippen LogP contribution in [0, 0.1) is 26.4 Å². The number of carbonyl (C=O) groups excluding carboxylic acids is 2. The molecule has 1 aromatic rings. The molecule has 166 valence electrons. The van der Waals surface area contributed by atoms with Crippen molar-refractivity contribution in [3.05, 3.63) is 34.4 Å². The van der Waals surface area contributed by atoms with E-state index in [0.717, 1.165) is 25.7 Å². The van der Waals surface area contributed by atoms with Gasteiger partial charge in [0.1, 0.15) is 11.1 Å². The summed E-state index contributed by atoms with van der Waals surface area (Å²) in [6, 6.07) is 6.02. The van der Waals surface area contributed by atoms with Gasteiger partial charge >= 0.3 is 0 Å². The number of anilines is 1. The first-order valence-corrected chi connectivity index (χ1v) is 11.1. The minimum Gasteiger partial charge on any atom is -0.352 e. The monoisotopic (exact) mass is 426 g/mol. The average Bonchev–Trinajstić information content (AvgIpc) is 3.02. The Labute approximate surface area is 182 Å². The number of non-ortho nitro benzene ring substituents is 1. The van der Waals surface area contributed by atoms with Crippen molar-refractivity contribution >= 4 is 28.8 Å². The zero-order valence-electron chi connectivity index (χ0n) is 18.4. The van der Waals surface area contributed by atoms with E-state index in [1.807, 2.05) is 20.8 Å². The van der Waals surface area contributed by atoms with Gasteiger partial charge in [-0.1, -0.05) is 40.0 Å². The first-order valence-electron chi connectivity index (χ1n) is 11.1. The molecule has 0 spiro atoms. The third-order valence-electron chi connectivity index (χ3n) is 8.27. The van der Waals surface area contributed by atoms with Crippen molar-refractivity contribution in [2.75, 3.05) is 5.43 Å². The van der Waals surface area contributed by atoms with E-state index < -0.39 is 21.2 Å². The minimum absolute atomic E-state index is 0.0133. The van der Waals surface area contributed by atoms with Gasteiger partial charge in [-0.2, -0.15) is 5.10 Å². The Hall–Kier alpha value is -2.77. The quantitative estimate of drug-likeness (QED) is 0.416. The van der Waals surface area contributed by atoms with Crippen LogP contribution in [-0.4, -0.2) is 28.4 Å². The molecule has 31 heavy (non-hydrogen) atoms. The summed E-state index contributed by atoms with van der Waals surface area (Å²) >= 11 is 0. The highest BCUT2D eigenvalue weighted by Crippen LogP contribution is 2.69. The number of benzene rings is 1. The van der Waals surface area contributed by atoms with Gasteiger partial charge in [0.05, 0.1) is 10.6 Å². The van der Waals surface area contributed by atoms with Crippen LogP contribution in [0.2, 0.25) is 0 Å². The van der Waals surface area contributed by atoms with Crippen LogP contribution in [0.25, 0.3) is 0 Å². The molecule has 1 amide bonds. The summed E-state index contributed by atoms with van der Waals surface area (Å²) in [6.07, 6.45) is 6.60. The van der Waals surface area contributed by atoms with E-state index in [4.69, 9.17) is 0 Å². The molecule has 0 aromatic heterocycles. The van der Waals surface area contributed by atoms with Crippen LogP contribution < -0.4 is 10.7 Å². The van der Waals surface area contributed by atoms with Crippen molar-refractivity contribution in [3.63, 3.8) is 0 Å². The molecule has 0 aliphatic heterocycles. The topological polar surface area (TPSA) is 114 Å². The number of hydrogen-bond acceptors (Lipinski definition) is 6. The fourth-order valence-electron chi connectivity index (χ4n) is 5.81. The van der Waals surface area contributed by atoms with E-state index in [-0.39, 0.29) is 23.4 Å². The van der Waals surface area contributed by atoms with E-state index in [0.29, 0.717) is 24.2 Å². The fourth-order valence-corrected chi connectivity index (χ4v) is 5.81. The Morgan fingerprint density at radius 1 is 1.10 bits per heavy atom. The number of Topliss-reactive ketones (excluding diaryl/α,β-unsaturated/α-hetero) is 1. The number of hydrazone groups is 1. The Morgan fingerprint density at radius 3 is 2.35 bits per heavy atom. The molecular weight excluding hydrogens is 396 g/mol. The van der Waals surface area contributed by atoms with Crippen LogP contribution in [0.3, 0.4) is 0 Å². The molecule has 0 saturated heterocycles. The minimum atomic E-state index is -1.10. The third kappa shape index (κ3) is 3.06. The van der Waals surface area contributed by atoms with E-state index in [2.05, 4.69) is 15.8 Å². The highest BCUT2D eigenvalue weighted by Gasteiger charge is 2.76. The molecule has 8 heteroatoms. The molecule has 4 rings (SSSR count). The summed E-state index contributed by atoms with van der Waals surface area (Å²) < 4.78 is 0. The second-order valence-corrected chi connectivity index (χ2v) is 9.88. The zero-order chi connectivity index (χ0) is 22.4. The molecule has 2 N–H and O–H groups in total. The molecule has 1 aromatic carbocycles.